The van der Waals surface area contributed by atoms with Crippen molar-refractivity contribution < 1.29 is 14.3 Å². The van der Waals surface area contributed by atoms with Gasteiger partial charge in [0.2, 0.25) is 11.8 Å². The topological polar surface area (TPSA) is 129 Å². The van der Waals surface area contributed by atoms with Crippen molar-refractivity contribution in [2.45, 2.75) is 56.4 Å². The van der Waals surface area contributed by atoms with Crippen LogP contribution >= 0.6 is 0 Å². The van der Waals surface area contributed by atoms with E-state index in [-0.39, 0.29) is 23.4 Å². The molecule has 3 N–H and O–H groups in total. The Balaban J connectivity index is 1.35. The van der Waals surface area contributed by atoms with Crippen molar-refractivity contribution in [1.29, 1.82) is 5.26 Å². The maximum Gasteiger partial charge on any atom is 0.247 e. The molecule has 1 aromatic heterocycles. The molecule has 2 aromatic rings. The first-order valence-electron chi connectivity index (χ1n) is 11.9. The Morgan fingerprint density at radius 2 is 1.94 bits per heavy atom. The van der Waals surface area contributed by atoms with Crippen molar-refractivity contribution in [2.24, 2.45) is 5.92 Å². The molecule has 9 heteroatoms. The minimum Gasteiger partial charge on any atom is -0.381 e. The lowest BCUT2D eigenvalue weighted by Crippen LogP contribution is -2.42. The number of anilines is 3. The lowest BCUT2D eigenvalue weighted by Gasteiger charge is -2.31. The van der Waals surface area contributed by atoms with Crippen LogP contribution in [-0.2, 0) is 19.7 Å². The number of hydrogen-bond acceptors (Lipinski definition) is 7. The van der Waals surface area contributed by atoms with Crippen LogP contribution in [0.25, 0.3) is 0 Å². The van der Waals surface area contributed by atoms with Crippen LogP contribution in [0, 0.1) is 17.2 Å². The van der Waals surface area contributed by atoms with Gasteiger partial charge in [0.1, 0.15) is 17.9 Å². The van der Waals surface area contributed by atoms with Crippen molar-refractivity contribution in [3.63, 3.8) is 0 Å². The van der Waals surface area contributed by atoms with E-state index < -0.39 is 11.5 Å². The number of carbonyl (C=O) groups is 2. The van der Waals surface area contributed by atoms with E-state index in [0.717, 1.165) is 36.9 Å². The molecule has 9 nitrogen and oxygen atoms in total. The highest BCUT2D eigenvalue weighted by atomic mass is 16.5. The highest BCUT2D eigenvalue weighted by Crippen LogP contribution is 2.45. The standard InChI is InChI=1S/C25H28N6O3/c26-15-18-7-9-21(31-30-18)29-22(16-4-2-1-3-5-16)23(32)27-17-6-8-19-20(14-17)28-24(33)25(19)10-12-34-13-11-25/h6-9,14,16,22H,1-5,10-13H2,(H,27,32)(H,28,33)(H,29,31)/t22-/m0/s1. The zero-order valence-electron chi connectivity index (χ0n) is 19.0. The summed E-state index contributed by atoms with van der Waals surface area (Å²) in [5, 5.41) is 26.2. The van der Waals surface area contributed by atoms with Gasteiger partial charge in [0.15, 0.2) is 5.69 Å². The van der Waals surface area contributed by atoms with E-state index in [4.69, 9.17) is 10.00 Å². The molecular formula is C25H28N6O3. The monoisotopic (exact) mass is 460 g/mol. The summed E-state index contributed by atoms with van der Waals surface area (Å²) in [6.45, 7) is 1.14. The van der Waals surface area contributed by atoms with E-state index in [1.165, 1.54) is 6.42 Å². The molecule has 1 aliphatic carbocycles. The van der Waals surface area contributed by atoms with Crippen molar-refractivity contribution in [3.8, 4) is 6.07 Å². The smallest absolute Gasteiger partial charge is 0.247 e. The molecule has 176 valence electrons. The highest BCUT2D eigenvalue weighted by molar-refractivity contribution is 6.07. The minimum atomic E-state index is -0.531. The summed E-state index contributed by atoms with van der Waals surface area (Å²) in [5.74, 6) is 0.497. The van der Waals surface area contributed by atoms with E-state index in [2.05, 4.69) is 26.1 Å². The highest BCUT2D eigenvalue weighted by Gasteiger charge is 2.47. The average molecular weight is 461 g/mol. The van der Waals surface area contributed by atoms with Crippen LogP contribution in [0.15, 0.2) is 30.3 Å². The fraction of sp³-hybridized carbons (Fsp3) is 0.480. The van der Waals surface area contributed by atoms with E-state index in [9.17, 15) is 9.59 Å². The summed E-state index contributed by atoms with van der Waals surface area (Å²) in [6.07, 6.45) is 6.60. The first kappa shape index (κ1) is 22.3. The SMILES string of the molecule is N#Cc1ccc(N[C@H](C(=O)Nc2ccc3c(c2)NC(=O)C32CCOCC2)C2CCCCC2)nn1. The van der Waals surface area contributed by atoms with Gasteiger partial charge in [0, 0.05) is 24.6 Å². The van der Waals surface area contributed by atoms with Crippen LogP contribution in [0.3, 0.4) is 0 Å². The number of hydrogen-bond donors (Lipinski definition) is 3. The largest absolute Gasteiger partial charge is 0.381 e. The van der Waals surface area contributed by atoms with Crippen LogP contribution < -0.4 is 16.0 Å². The maximum absolute atomic E-state index is 13.4. The Kier molecular flexibility index (Phi) is 6.16. The molecule has 1 saturated heterocycles. The number of rotatable bonds is 5. The molecule has 1 saturated carbocycles. The van der Waals surface area contributed by atoms with E-state index in [1.807, 2.05) is 24.3 Å². The second-order valence-corrected chi connectivity index (χ2v) is 9.33. The summed E-state index contributed by atoms with van der Waals surface area (Å²) in [4.78, 5) is 26.2. The third-order valence-corrected chi connectivity index (χ3v) is 7.32. The molecule has 0 unspecified atom stereocenters. The number of nitriles is 1. The number of fused-ring (bicyclic) bond motifs is 2. The summed E-state index contributed by atoms with van der Waals surface area (Å²) in [7, 11) is 0. The lowest BCUT2D eigenvalue weighted by molar-refractivity contribution is -0.124. The molecule has 5 rings (SSSR count). The quantitative estimate of drug-likeness (QED) is 0.624. The number of amides is 2. The molecule has 1 aromatic carbocycles. The molecule has 3 aliphatic rings. The van der Waals surface area contributed by atoms with Gasteiger partial charge in [-0.3, -0.25) is 9.59 Å². The van der Waals surface area contributed by atoms with Gasteiger partial charge in [-0.2, -0.15) is 5.26 Å². The molecule has 2 amide bonds. The molecule has 34 heavy (non-hydrogen) atoms. The minimum absolute atomic E-state index is 0.00964. The first-order valence-corrected chi connectivity index (χ1v) is 11.9. The Morgan fingerprint density at radius 1 is 1.15 bits per heavy atom. The Morgan fingerprint density at radius 3 is 2.65 bits per heavy atom. The van der Waals surface area contributed by atoms with Crippen LogP contribution in [0.5, 0.6) is 0 Å². The average Bonchev–Trinajstić information content (AvgIpc) is 3.13. The third kappa shape index (κ3) is 4.21. The normalized spacial score (nSPS) is 20.1. The molecular weight excluding hydrogens is 432 g/mol. The van der Waals surface area contributed by atoms with Gasteiger partial charge in [-0.1, -0.05) is 25.3 Å². The Hall–Kier alpha value is -3.51. The molecule has 0 radical (unpaired) electrons. The predicted octanol–water partition coefficient (Wildman–Crippen LogP) is 3.35. The van der Waals surface area contributed by atoms with Crippen LogP contribution in [0.2, 0.25) is 0 Å². The van der Waals surface area contributed by atoms with Gasteiger partial charge >= 0.3 is 0 Å². The zero-order valence-corrected chi connectivity index (χ0v) is 19.0. The van der Waals surface area contributed by atoms with E-state index in [0.29, 0.717) is 37.6 Å². The van der Waals surface area contributed by atoms with Gasteiger partial charge < -0.3 is 20.7 Å². The molecule has 1 spiro atoms. The van der Waals surface area contributed by atoms with E-state index >= 15 is 0 Å². The number of nitrogens with one attached hydrogen (secondary N) is 3. The van der Waals surface area contributed by atoms with Crippen molar-refractivity contribution in [2.75, 3.05) is 29.2 Å². The fourth-order valence-corrected chi connectivity index (χ4v) is 5.44. The third-order valence-electron chi connectivity index (χ3n) is 7.32. The number of carbonyl (C=O) groups excluding carboxylic acids is 2. The number of benzene rings is 1. The summed E-state index contributed by atoms with van der Waals surface area (Å²) < 4.78 is 5.47. The molecule has 2 fully saturated rings. The van der Waals surface area contributed by atoms with E-state index in [1.54, 1.807) is 12.1 Å². The second-order valence-electron chi connectivity index (χ2n) is 9.33. The van der Waals surface area contributed by atoms with Crippen LogP contribution in [0.1, 0.15) is 56.2 Å². The first-order chi connectivity index (χ1) is 16.6. The van der Waals surface area contributed by atoms with Gasteiger partial charge in [-0.25, -0.2) is 0 Å². The number of ether oxygens (including phenoxy) is 1. The maximum atomic E-state index is 13.4. The number of aromatic nitrogens is 2. The Labute approximate surface area is 198 Å². The van der Waals surface area contributed by atoms with Crippen molar-refractivity contribution in [3.05, 3.63) is 41.6 Å². The second kappa shape index (κ2) is 9.39. The lowest BCUT2D eigenvalue weighted by atomic mass is 9.75. The zero-order chi connectivity index (χ0) is 23.5. The molecule has 1 atom stereocenters. The van der Waals surface area contributed by atoms with Gasteiger partial charge in [0.05, 0.1) is 5.41 Å². The van der Waals surface area contributed by atoms with Gasteiger partial charge in [0.25, 0.3) is 0 Å². The predicted molar refractivity (Wildman–Crippen MR) is 126 cm³/mol. The summed E-state index contributed by atoms with van der Waals surface area (Å²) >= 11 is 0. The van der Waals surface area contributed by atoms with Crippen molar-refractivity contribution >= 4 is 29.0 Å². The van der Waals surface area contributed by atoms with Crippen LogP contribution in [-0.4, -0.2) is 41.3 Å². The van der Waals surface area contributed by atoms with Crippen LogP contribution in [0.4, 0.5) is 17.2 Å². The molecule has 2 aliphatic heterocycles. The van der Waals surface area contributed by atoms with Gasteiger partial charge in [-0.15, -0.1) is 10.2 Å². The van der Waals surface area contributed by atoms with Gasteiger partial charge in [-0.05, 0) is 61.4 Å². The molecule has 3 heterocycles. The fourth-order valence-electron chi connectivity index (χ4n) is 5.44. The summed E-state index contributed by atoms with van der Waals surface area (Å²) in [5.41, 5.74) is 2.07. The number of nitrogens with zero attached hydrogens (tertiary/aromatic N) is 3. The Bertz CT molecular complexity index is 1110. The summed E-state index contributed by atoms with van der Waals surface area (Å²) in [6, 6.07) is 10.4. The van der Waals surface area contributed by atoms with Crippen molar-refractivity contribution in [1.82, 2.24) is 10.2 Å². The molecule has 0 bridgehead atoms.